The number of fused-ring (bicyclic) bond motifs is 1. The van der Waals surface area contributed by atoms with Gasteiger partial charge in [-0.05, 0) is 36.6 Å². The van der Waals surface area contributed by atoms with Crippen molar-refractivity contribution in [3.63, 3.8) is 0 Å². The van der Waals surface area contributed by atoms with E-state index in [2.05, 4.69) is 11.9 Å². The third-order valence-corrected chi connectivity index (χ3v) is 5.20. The average Bonchev–Trinajstić information content (AvgIpc) is 2.46. The maximum absolute atomic E-state index is 12.5. The average molecular weight is 296 g/mol. The van der Waals surface area contributed by atoms with Crippen LogP contribution in [0.3, 0.4) is 0 Å². The highest BCUT2D eigenvalue weighted by Gasteiger charge is 2.24. The maximum atomic E-state index is 12.5. The van der Waals surface area contributed by atoms with Crippen LogP contribution >= 0.6 is 0 Å². The number of benzene rings is 1. The molecule has 110 valence electrons. The number of hydrogen-bond donors (Lipinski definition) is 2. The van der Waals surface area contributed by atoms with E-state index in [9.17, 15) is 8.42 Å². The number of aliphatic hydroxyl groups excluding tert-OH is 1. The summed E-state index contributed by atoms with van der Waals surface area (Å²) in [5.41, 5.74) is 2.03. The first-order chi connectivity index (χ1) is 9.59. The van der Waals surface area contributed by atoms with Crippen molar-refractivity contribution in [2.24, 2.45) is 0 Å². The highest BCUT2D eigenvalue weighted by atomic mass is 32.2. The molecule has 0 unspecified atom stereocenters. The topological polar surface area (TPSA) is 69.6 Å². The van der Waals surface area contributed by atoms with Gasteiger partial charge >= 0.3 is 0 Å². The molecule has 0 saturated heterocycles. The number of sulfonamides is 1. The Morgan fingerprint density at radius 3 is 2.95 bits per heavy atom. The van der Waals surface area contributed by atoms with Crippen LogP contribution in [0.4, 0.5) is 5.69 Å². The summed E-state index contributed by atoms with van der Waals surface area (Å²) in [6, 6.07) is 5.15. The van der Waals surface area contributed by atoms with Gasteiger partial charge in [0.1, 0.15) is 0 Å². The highest BCUT2D eigenvalue weighted by Crippen LogP contribution is 2.26. The molecule has 2 rings (SSSR count). The largest absolute Gasteiger partial charge is 0.395 e. The van der Waals surface area contributed by atoms with Crippen LogP contribution < -0.4 is 5.32 Å². The molecule has 0 radical (unpaired) electrons. The molecule has 0 aromatic heterocycles. The normalized spacial score (nSPS) is 14.7. The van der Waals surface area contributed by atoms with Crippen LogP contribution in [0.1, 0.15) is 12.0 Å². The highest BCUT2D eigenvalue weighted by molar-refractivity contribution is 7.89. The Morgan fingerprint density at radius 2 is 2.25 bits per heavy atom. The van der Waals surface area contributed by atoms with E-state index in [4.69, 9.17) is 5.11 Å². The second-order valence-electron chi connectivity index (χ2n) is 4.72. The lowest BCUT2D eigenvalue weighted by Gasteiger charge is -2.22. The fourth-order valence-corrected chi connectivity index (χ4v) is 3.78. The Bertz CT molecular complexity index is 584. The Labute approximate surface area is 120 Å². The fraction of sp³-hybridized carbons (Fsp3) is 0.429. The van der Waals surface area contributed by atoms with E-state index >= 15 is 0 Å². The zero-order valence-corrected chi connectivity index (χ0v) is 12.2. The summed E-state index contributed by atoms with van der Waals surface area (Å²) in [5, 5.41) is 12.3. The van der Waals surface area contributed by atoms with Crippen molar-refractivity contribution in [3.05, 3.63) is 36.4 Å². The van der Waals surface area contributed by atoms with Gasteiger partial charge in [-0.2, -0.15) is 4.31 Å². The molecule has 5 nitrogen and oxygen atoms in total. The molecule has 2 N–H and O–H groups in total. The summed E-state index contributed by atoms with van der Waals surface area (Å²) in [6.07, 6.45) is 3.41. The van der Waals surface area contributed by atoms with Crippen LogP contribution in [0.25, 0.3) is 0 Å². The zero-order chi connectivity index (χ0) is 14.6. The van der Waals surface area contributed by atoms with E-state index < -0.39 is 10.0 Å². The van der Waals surface area contributed by atoms with Gasteiger partial charge in [-0.25, -0.2) is 8.42 Å². The van der Waals surface area contributed by atoms with Crippen LogP contribution in [-0.4, -0.2) is 44.1 Å². The number of rotatable bonds is 6. The van der Waals surface area contributed by atoms with E-state index in [0.29, 0.717) is 0 Å². The molecule has 1 aliphatic rings. The molecule has 0 aliphatic carbocycles. The molecule has 0 amide bonds. The Morgan fingerprint density at radius 1 is 1.45 bits per heavy atom. The number of aliphatic hydroxyl groups is 1. The summed E-state index contributed by atoms with van der Waals surface area (Å²) in [7, 11) is -3.58. The van der Waals surface area contributed by atoms with Crippen molar-refractivity contribution >= 4 is 15.7 Å². The van der Waals surface area contributed by atoms with Crippen LogP contribution in [-0.2, 0) is 16.4 Å². The molecule has 0 saturated carbocycles. The summed E-state index contributed by atoms with van der Waals surface area (Å²) in [5.74, 6) is 0. The Balaban J connectivity index is 2.35. The number of hydrogen-bond acceptors (Lipinski definition) is 4. The molecule has 0 fully saturated rings. The molecular formula is C14H20N2O3S. The van der Waals surface area contributed by atoms with Gasteiger partial charge in [-0.3, -0.25) is 0 Å². The minimum atomic E-state index is -3.58. The molecule has 1 aliphatic heterocycles. The minimum absolute atomic E-state index is 0.0731. The van der Waals surface area contributed by atoms with Crippen molar-refractivity contribution in [2.45, 2.75) is 17.7 Å². The molecule has 1 aromatic rings. The Kier molecular flexibility index (Phi) is 4.80. The zero-order valence-electron chi connectivity index (χ0n) is 11.4. The number of nitrogens with one attached hydrogen (secondary N) is 1. The van der Waals surface area contributed by atoms with Gasteiger partial charge in [-0.1, -0.05) is 6.08 Å². The van der Waals surface area contributed by atoms with E-state index in [1.54, 1.807) is 12.1 Å². The van der Waals surface area contributed by atoms with Crippen molar-refractivity contribution in [1.82, 2.24) is 4.31 Å². The summed E-state index contributed by atoms with van der Waals surface area (Å²) < 4.78 is 26.3. The number of anilines is 1. The third kappa shape index (κ3) is 3.03. The summed E-state index contributed by atoms with van der Waals surface area (Å²) in [6.45, 7) is 4.54. The van der Waals surface area contributed by atoms with Crippen LogP contribution in [0.2, 0.25) is 0 Å². The van der Waals surface area contributed by atoms with Gasteiger partial charge in [0.15, 0.2) is 0 Å². The van der Waals surface area contributed by atoms with Crippen molar-refractivity contribution in [1.29, 1.82) is 0 Å². The summed E-state index contributed by atoms with van der Waals surface area (Å²) >= 11 is 0. The molecule has 0 spiro atoms. The van der Waals surface area contributed by atoms with Gasteiger partial charge in [0.25, 0.3) is 0 Å². The van der Waals surface area contributed by atoms with Gasteiger partial charge < -0.3 is 10.4 Å². The lowest BCUT2D eigenvalue weighted by atomic mass is 10.0. The maximum Gasteiger partial charge on any atom is 0.243 e. The summed E-state index contributed by atoms with van der Waals surface area (Å²) in [4.78, 5) is 0.273. The van der Waals surface area contributed by atoms with Crippen LogP contribution in [0.5, 0.6) is 0 Å². The van der Waals surface area contributed by atoms with Crippen LogP contribution in [0, 0.1) is 0 Å². The molecule has 6 heteroatoms. The molecule has 20 heavy (non-hydrogen) atoms. The van der Waals surface area contributed by atoms with Gasteiger partial charge in [-0.15, -0.1) is 6.58 Å². The standard InChI is InChI=1S/C14H20N2O3S/c1-2-8-16(9-10-17)20(18,19)13-5-6-14-12(11-13)4-3-7-15-14/h2,5-6,11,15,17H,1,3-4,7-10H2. The van der Waals surface area contributed by atoms with Crippen molar-refractivity contribution < 1.29 is 13.5 Å². The number of aryl methyl sites for hydroxylation is 1. The van der Waals surface area contributed by atoms with Gasteiger partial charge in [0, 0.05) is 25.3 Å². The minimum Gasteiger partial charge on any atom is -0.395 e. The molecule has 1 heterocycles. The van der Waals surface area contributed by atoms with E-state index in [-0.39, 0.29) is 24.6 Å². The lowest BCUT2D eigenvalue weighted by Crippen LogP contribution is -2.33. The first kappa shape index (κ1) is 15.0. The molecule has 0 bridgehead atoms. The lowest BCUT2D eigenvalue weighted by molar-refractivity contribution is 0.260. The monoisotopic (exact) mass is 296 g/mol. The number of nitrogens with zero attached hydrogens (tertiary/aromatic N) is 1. The molecule has 1 aromatic carbocycles. The first-order valence-electron chi connectivity index (χ1n) is 6.68. The van der Waals surface area contributed by atoms with Gasteiger partial charge in [0.2, 0.25) is 10.0 Å². The smallest absolute Gasteiger partial charge is 0.243 e. The van der Waals surface area contributed by atoms with E-state index in [1.807, 2.05) is 6.07 Å². The Hall–Kier alpha value is -1.37. The fourth-order valence-electron chi connectivity index (χ4n) is 2.33. The second kappa shape index (κ2) is 6.39. The molecule has 0 atom stereocenters. The van der Waals surface area contributed by atoms with Crippen LogP contribution in [0.15, 0.2) is 35.7 Å². The van der Waals surface area contributed by atoms with Crippen molar-refractivity contribution in [2.75, 3.05) is 31.6 Å². The van der Waals surface area contributed by atoms with E-state index in [1.165, 1.54) is 10.4 Å². The quantitative estimate of drug-likeness (QED) is 0.774. The predicted octanol–water partition coefficient (Wildman–Crippen LogP) is 1.21. The van der Waals surface area contributed by atoms with Crippen molar-refractivity contribution in [3.8, 4) is 0 Å². The van der Waals surface area contributed by atoms with E-state index in [0.717, 1.165) is 30.6 Å². The second-order valence-corrected chi connectivity index (χ2v) is 6.66. The first-order valence-corrected chi connectivity index (χ1v) is 8.12. The third-order valence-electron chi connectivity index (χ3n) is 3.33. The van der Waals surface area contributed by atoms with Gasteiger partial charge in [0.05, 0.1) is 11.5 Å². The SMILES string of the molecule is C=CCN(CCO)S(=O)(=O)c1ccc2c(c1)CCCN2. The molecular weight excluding hydrogens is 276 g/mol. The predicted molar refractivity (Wildman–Crippen MR) is 79.3 cm³/mol.